The summed E-state index contributed by atoms with van der Waals surface area (Å²) >= 11 is 0. The maximum Gasteiger partial charge on any atom is 0.268 e. The second-order valence-corrected chi connectivity index (χ2v) is 13.3. The fraction of sp³-hybridized carbons (Fsp3) is 0.116. The number of hydrogen-bond acceptors (Lipinski definition) is 2. The standard InChI is InChI=1S/C43H36N4O/c1-30-12-10-19-39(42(30)31-13-6-5-7-14-31)46-25-24-45(29-46)33-15-11-16-34(27-33)48-35-20-21-37-36-17-8-9-18-38(36)47(40(37)28-35)41-26-32(22-23-44-41)43(2,3)4/h5-28H,1-4H3. The minimum absolute atomic E-state index is 0.0103. The predicted octanol–water partition coefficient (Wildman–Crippen LogP) is 10.1. The number of nitrogens with zero attached hydrogens (tertiary/aromatic N) is 4. The van der Waals surface area contributed by atoms with Gasteiger partial charge >= 0.3 is 0 Å². The van der Waals surface area contributed by atoms with Crippen LogP contribution in [0.2, 0.25) is 0 Å². The van der Waals surface area contributed by atoms with Crippen LogP contribution in [0.25, 0.3) is 50.1 Å². The minimum atomic E-state index is 0.0103. The Morgan fingerprint density at radius 1 is 0.708 bits per heavy atom. The lowest BCUT2D eigenvalue weighted by Gasteiger charge is -2.20. The van der Waals surface area contributed by atoms with Gasteiger partial charge in [0.05, 0.1) is 22.4 Å². The van der Waals surface area contributed by atoms with E-state index in [0.717, 1.165) is 45.1 Å². The quantitative estimate of drug-likeness (QED) is 0.136. The summed E-state index contributed by atoms with van der Waals surface area (Å²) in [5.74, 6) is 2.40. The number of aromatic nitrogens is 4. The topological polar surface area (TPSA) is 35.9 Å². The van der Waals surface area contributed by atoms with E-state index in [4.69, 9.17) is 9.72 Å². The van der Waals surface area contributed by atoms with Crippen LogP contribution in [0.4, 0.5) is 0 Å². The van der Waals surface area contributed by atoms with Gasteiger partial charge in [-0.1, -0.05) is 87.5 Å². The molecule has 0 unspecified atom stereocenters. The summed E-state index contributed by atoms with van der Waals surface area (Å²) < 4.78 is 12.8. The Morgan fingerprint density at radius 2 is 1.48 bits per heavy atom. The molecule has 0 aliphatic carbocycles. The number of hydrogen-bond donors (Lipinski definition) is 0. The first-order chi connectivity index (χ1) is 23.3. The zero-order valence-corrected chi connectivity index (χ0v) is 27.6. The molecule has 0 aliphatic heterocycles. The van der Waals surface area contributed by atoms with Gasteiger partial charge in [0.15, 0.2) is 0 Å². The van der Waals surface area contributed by atoms with Gasteiger partial charge in [-0.3, -0.25) is 13.7 Å². The Labute approximate surface area is 281 Å². The highest BCUT2D eigenvalue weighted by Gasteiger charge is 2.18. The van der Waals surface area contributed by atoms with E-state index in [1.807, 2.05) is 53.5 Å². The van der Waals surface area contributed by atoms with Crippen LogP contribution in [-0.4, -0.2) is 14.1 Å². The van der Waals surface area contributed by atoms with Crippen molar-refractivity contribution in [1.29, 1.82) is 0 Å². The largest absolute Gasteiger partial charge is 0.458 e. The number of pyridine rings is 1. The van der Waals surface area contributed by atoms with E-state index in [1.165, 1.54) is 27.6 Å². The predicted molar refractivity (Wildman–Crippen MR) is 194 cm³/mol. The maximum absolute atomic E-state index is 6.53. The molecular formula is C43H36N4O. The molecule has 0 aliphatic rings. The molecule has 0 spiro atoms. The van der Waals surface area contributed by atoms with Gasteiger partial charge in [-0.2, -0.15) is 0 Å². The van der Waals surface area contributed by atoms with E-state index in [0.29, 0.717) is 0 Å². The second-order valence-electron chi connectivity index (χ2n) is 13.3. The van der Waals surface area contributed by atoms with Crippen LogP contribution in [0.15, 0.2) is 146 Å². The molecule has 0 N–H and O–H groups in total. The minimum Gasteiger partial charge on any atom is -0.458 e. The molecule has 3 heterocycles. The number of para-hydroxylation sites is 1. The molecule has 0 atom stereocenters. The Morgan fingerprint density at radius 3 is 2.33 bits per heavy atom. The van der Waals surface area contributed by atoms with Crippen LogP contribution in [0, 0.1) is 13.3 Å². The lowest BCUT2D eigenvalue weighted by Crippen LogP contribution is -2.29. The molecule has 0 amide bonds. The Bertz CT molecular complexity index is 2430. The van der Waals surface area contributed by atoms with Gasteiger partial charge < -0.3 is 4.74 Å². The van der Waals surface area contributed by atoms with Crippen LogP contribution in [0.3, 0.4) is 0 Å². The van der Waals surface area contributed by atoms with Crippen molar-refractivity contribution in [3.05, 3.63) is 163 Å². The number of ether oxygens (including phenoxy) is 1. The highest BCUT2D eigenvalue weighted by atomic mass is 16.5. The van der Waals surface area contributed by atoms with Crippen molar-refractivity contribution in [3.8, 4) is 39.8 Å². The molecule has 8 rings (SSSR count). The summed E-state index contributed by atoms with van der Waals surface area (Å²) in [6.45, 7) is 8.84. The van der Waals surface area contributed by atoms with Crippen molar-refractivity contribution in [1.82, 2.24) is 14.1 Å². The van der Waals surface area contributed by atoms with E-state index < -0.39 is 0 Å². The molecule has 234 valence electrons. The SMILES string of the molecule is Cc1cccc(-[n+]2[c-]n(-c3cccc(Oc4ccc5c6ccccc6n(-c6cc(C(C)(C)C)ccn6)c5c4)c3)cc2)c1-c1ccccc1. The highest BCUT2D eigenvalue weighted by molar-refractivity contribution is 6.09. The number of fused-ring (bicyclic) bond motifs is 3. The summed E-state index contributed by atoms with van der Waals surface area (Å²) in [4.78, 5) is 4.82. The summed E-state index contributed by atoms with van der Waals surface area (Å²) in [6.07, 6.45) is 9.50. The first kappa shape index (κ1) is 29.5. The summed E-state index contributed by atoms with van der Waals surface area (Å²) in [7, 11) is 0. The zero-order valence-electron chi connectivity index (χ0n) is 27.6. The Kier molecular flexibility index (Phi) is 7.18. The van der Waals surface area contributed by atoms with Crippen LogP contribution in [-0.2, 0) is 5.41 Å². The third-order valence-electron chi connectivity index (χ3n) is 8.97. The van der Waals surface area contributed by atoms with Crippen molar-refractivity contribution < 1.29 is 9.30 Å². The summed E-state index contributed by atoms with van der Waals surface area (Å²) in [5, 5.41) is 2.34. The van der Waals surface area contributed by atoms with Gasteiger partial charge in [0.1, 0.15) is 17.3 Å². The van der Waals surface area contributed by atoms with Crippen LogP contribution in [0.1, 0.15) is 31.9 Å². The van der Waals surface area contributed by atoms with Gasteiger partial charge in [0.25, 0.3) is 6.33 Å². The fourth-order valence-corrected chi connectivity index (χ4v) is 6.53. The lowest BCUT2D eigenvalue weighted by atomic mass is 9.88. The molecule has 5 nitrogen and oxygen atoms in total. The molecule has 5 aromatic carbocycles. The Hall–Kier alpha value is -5.94. The van der Waals surface area contributed by atoms with E-state index in [-0.39, 0.29) is 5.41 Å². The average molecular weight is 625 g/mol. The zero-order chi connectivity index (χ0) is 32.8. The van der Waals surface area contributed by atoms with Crippen molar-refractivity contribution >= 4 is 21.8 Å². The molecule has 3 aromatic heterocycles. The Balaban J connectivity index is 1.14. The molecule has 0 saturated heterocycles. The van der Waals surface area contributed by atoms with E-state index in [9.17, 15) is 0 Å². The van der Waals surface area contributed by atoms with Gasteiger partial charge in [0.2, 0.25) is 0 Å². The van der Waals surface area contributed by atoms with Crippen molar-refractivity contribution in [2.24, 2.45) is 0 Å². The first-order valence-electron chi connectivity index (χ1n) is 16.3. The molecule has 0 radical (unpaired) electrons. The molecule has 0 bridgehead atoms. The summed E-state index contributed by atoms with van der Waals surface area (Å²) in [6, 6.07) is 44.1. The lowest BCUT2D eigenvalue weighted by molar-refractivity contribution is -0.598. The van der Waals surface area contributed by atoms with Crippen LogP contribution in [0.5, 0.6) is 11.5 Å². The monoisotopic (exact) mass is 624 g/mol. The third kappa shape index (κ3) is 5.33. The molecule has 0 saturated carbocycles. The average Bonchev–Trinajstić information content (AvgIpc) is 3.72. The van der Waals surface area contributed by atoms with Gasteiger partial charge in [-0.15, -0.1) is 0 Å². The molecular weight excluding hydrogens is 589 g/mol. The fourth-order valence-electron chi connectivity index (χ4n) is 6.53. The number of benzene rings is 5. The first-order valence-corrected chi connectivity index (χ1v) is 16.3. The highest BCUT2D eigenvalue weighted by Crippen LogP contribution is 2.36. The second kappa shape index (κ2) is 11.7. The third-order valence-corrected chi connectivity index (χ3v) is 8.97. The number of rotatable bonds is 6. The van der Waals surface area contributed by atoms with Crippen LogP contribution < -0.4 is 9.30 Å². The van der Waals surface area contributed by atoms with Gasteiger partial charge in [-0.05, 0) is 89.2 Å². The number of aryl methyl sites for hydroxylation is 1. The maximum atomic E-state index is 6.53. The van der Waals surface area contributed by atoms with Crippen molar-refractivity contribution in [2.75, 3.05) is 0 Å². The molecule has 5 heteroatoms. The normalized spacial score (nSPS) is 11.8. The van der Waals surface area contributed by atoms with Gasteiger partial charge in [-0.25, -0.2) is 4.98 Å². The molecule has 8 aromatic rings. The molecule has 48 heavy (non-hydrogen) atoms. The van der Waals surface area contributed by atoms with E-state index in [2.05, 4.69) is 140 Å². The number of imidazole rings is 1. The summed E-state index contributed by atoms with van der Waals surface area (Å²) in [5.41, 5.74) is 9.06. The van der Waals surface area contributed by atoms with Crippen molar-refractivity contribution in [3.63, 3.8) is 0 Å². The molecule has 0 fully saturated rings. The van der Waals surface area contributed by atoms with E-state index in [1.54, 1.807) is 0 Å². The van der Waals surface area contributed by atoms with Crippen molar-refractivity contribution in [2.45, 2.75) is 33.1 Å². The smallest absolute Gasteiger partial charge is 0.268 e. The van der Waals surface area contributed by atoms with E-state index >= 15 is 0 Å². The van der Waals surface area contributed by atoms with Gasteiger partial charge in [0, 0.05) is 35.4 Å². The van der Waals surface area contributed by atoms with Crippen LogP contribution >= 0.6 is 0 Å².